The first-order valence-corrected chi connectivity index (χ1v) is 6.39. The summed E-state index contributed by atoms with van der Waals surface area (Å²) in [5.41, 5.74) is 0. The van der Waals surface area contributed by atoms with Gasteiger partial charge in [0.1, 0.15) is 6.04 Å². The molecule has 4 N–H and O–H groups in total. The maximum atomic E-state index is 11.3. The fourth-order valence-electron chi connectivity index (χ4n) is 1.24. The van der Waals surface area contributed by atoms with Crippen LogP contribution in [0.5, 0.6) is 0 Å². The van der Waals surface area contributed by atoms with E-state index in [9.17, 15) is 14.4 Å². The van der Waals surface area contributed by atoms with Gasteiger partial charge in [-0.2, -0.15) is 0 Å². The first kappa shape index (κ1) is 18.2. The molecule has 0 aliphatic carbocycles. The third kappa shape index (κ3) is 10.1. The Hall–Kier alpha value is -1.83. The summed E-state index contributed by atoms with van der Waals surface area (Å²) in [6, 6.07) is -2.18. The Kier molecular flexibility index (Phi) is 9.10. The van der Waals surface area contributed by atoms with Gasteiger partial charge in [0.2, 0.25) is 0 Å². The van der Waals surface area contributed by atoms with Gasteiger partial charge >= 0.3 is 18.0 Å². The number of hydrogen-bond acceptors (Lipinski definition) is 4. The molecular weight excluding hydrogens is 268 g/mol. The van der Waals surface area contributed by atoms with Crippen molar-refractivity contribution in [2.24, 2.45) is 5.92 Å². The number of nitrogens with one attached hydrogen (secondary N) is 2. The van der Waals surface area contributed by atoms with Crippen LogP contribution in [0, 0.1) is 5.92 Å². The van der Waals surface area contributed by atoms with Gasteiger partial charge < -0.3 is 25.6 Å². The zero-order chi connectivity index (χ0) is 15.5. The van der Waals surface area contributed by atoms with Crippen molar-refractivity contribution in [2.45, 2.75) is 32.7 Å². The van der Waals surface area contributed by atoms with Crippen molar-refractivity contribution >= 4 is 18.0 Å². The minimum atomic E-state index is -1.45. The van der Waals surface area contributed by atoms with Crippen molar-refractivity contribution in [1.82, 2.24) is 10.6 Å². The van der Waals surface area contributed by atoms with E-state index in [0.29, 0.717) is 19.1 Å². The number of ether oxygens (including phenoxy) is 1. The van der Waals surface area contributed by atoms with Gasteiger partial charge in [-0.05, 0) is 12.3 Å². The van der Waals surface area contributed by atoms with E-state index in [1.165, 1.54) is 0 Å². The van der Waals surface area contributed by atoms with Crippen molar-refractivity contribution in [3.05, 3.63) is 0 Å². The minimum Gasteiger partial charge on any atom is -0.481 e. The molecule has 0 bridgehead atoms. The predicted octanol–water partition coefficient (Wildman–Crippen LogP) is 0.276. The number of carboxylic acid groups (broad SMARTS) is 2. The summed E-state index contributed by atoms with van der Waals surface area (Å²) in [5.74, 6) is -2.15. The molecule has 1 atom stereocenters. The Morgan fingerprint density at radius 1 is 1.15 bits per heavy atom. The number of carboxylic acids is 2. The maximum Gasteiger partial charge on any atom is 0.326 e. The molecule has 0 aliphatic rings. The lowest BCUT2D eigenvalue weighted by molar-refractivity contribution is -0.145. The molecule has 0 spiro atoms. The molecule has 0 aromatic heterocycles. The van der Waals surface area contributed by atoms with Gasteiger partial charge in [-0.15, -0.1) is 0 Å². The van der Waals surface area contributed by atoms with E-state index in [4.69, 9.17) is 14.9 Å². The van der Waals surface area contributed by atoms with Crippen LogP contribution in [0.4, 0.5) is 4.79 Å². The van der Waals surface area contributed by atoms with E-state index in [0.717, 1.165) is 6.42 Å². The van der Waals surface area contributed by atoms with Crippen molar-refractivity contribution in [1.29, 1.82) is 0 Å². The lowest BCUT2D eigenvalue weighted by atomic mass is 10.1. The van der Waals surface area contributed by atoms with Gasteiger partial charge in [0.25, 0.3) is 0 Å². The molecule has 0 radical (unpaired) electrons. The van der Waals surface area contributed by atoms with Crippen LogP contribution in [0.3, 0.4) is 0 Å². The standard InChI is InChI=1S/C12H22N2O6/c1-8(2)3-5-20-6-4-13-12(19)14-9(11(17)18)7-10(15)16/h8-9H,3-7H2,1-2H3,(H,15,16)(H,17,18)(H2,13,14,19)/t9-/m0/s1. The van der Waals surface area contributed by atoms with Crippen LogP contribution in [0.2, 0.25) is 0 Å². The number of urea groups is 1. The van der Waals surface area contributed by atoms with Crippen LogP contribution in [0.1, 0.15) is 26.7 Å². The van der Waals surface area contributed by atoms with Gasteiger partial charge in [0.15, 0.2) is 0 Å². The van der Waals surface area contributed by atoms with Crippen LogP contribution in [-0.4, -0.2) is 54.0 Å². The molecule has 116 valence electrons. The third-order valence-corrected chi connectivity index (χ3v) is 2.35. The quantitative estimate of drug-likeness (QED) is 0.428. The van der Waals surface area contributed by atoms with Crippen molar-refractivity contribution < 1.29 is 29.3 Å². The topological polar surface area (TPSA) is 125 Å². The molecule has 0 fully saturated rings. The Labute approximate surface area is 117 Å². The molecule has 2 amide bonds. The van der Waals surface area contributed by atoms with Crippen molar-refractivity contribution in [2.75, 3.05) is 19.8 Å². The summed E-state index contributed by atoms with van der Waals surface area (Å²) >= 11 is 0. The van der Waals surface area contributed by atoms with Gasteiger partial charge in [0.05, 0.1) is 13.0 Å². The van der Waals surface area contributed by atoms with Crippen LogP contribution in [0.25, 0.3) is 0 Å². The SMILES string of the molecule is CC(C)CCOCCNC(=O)N[C@@H](CC(=O)O)C(=O)O. The van der Waals surface area contributed by atoms with E-state index >= 15 is 0 Å². The van der Waals surface area contributed by atoms with Crippen LogP contribution in [-0.2, 0) is 14.3 Å². The Morgan fingerprint density at radius 2 is 1.80 bits per heavy atom. The Balaban J connectivity index is 3.80. The van der Waals surface area contributed by atoms with Gasteiger partial charge in [-0.1, -0.05) is 13.8 Å². The zero-order valence-corrected chi connectivity index (χ0v) is 11.7. The number of aliphatic carboxylic acids is 2. The Bertz CT molecular complexity index is 332. The van der Waals surface area contributed by atoms with Crippen LogP contribution in [0.15, 0.2) is 0 Å². The monoisotopic (exact) mass is 290 g/mol. The summed E-state index contributed by atoms with van der Waals surface area (Å²) in [6.07, 6.45) is 0.250. The van der Waals surface area contributed by atoms with Gasteiger partial charge in [0, 0.05) is 13.2 Å². The van der Waals surface area contributed by atoms with E-state index in [1.807, 2.05) is 0 Å². The highest BCUT2D eigenvalue weighted by Gasteiger charge is 2.22. The average Bonchev–Trinajstić information content (AvgIpc) is 2.31. The Morgan fingerprint density at radius 3 is 2.30 bits per heavy atom. The smallest absolute Gasteiger partial charge is 0.326 e. The van der Waals surface area contributed by atoms with E-state index < -0.39 is 30.4 Å². The lowest BCUT2D eigenvalue weighted by Gasteiger charge is -2.13. The molecule has 0 rings (SSSR count). The highest BCUT2D eigenvalue weighted by Crippen LogP contribution is 1.98. The second-order valence-corrected chi connectivity index (χ2v) is 4.68. The molecule has 0 heterocycles. The second kappa shape index (κ2) is 10.0. The number of amides is 2. The fourth-order valence-corrected chi connectivity index (χ4v) is 1.24. The number of carbonyl (C=O) groups is 3. The first-order chi connectivity index (χ1) is 9.32. The highest BCUT2D eigenvalue weighted by molar-refractivity contribution is 5.86. The normalized spacial score (nSPS) is 11.9. The summed E-state index contributed by atoms with van der Waals surface area (Å²) in [6.45, 7) is 5.28. The minimum absolute atomic E-state index is 0.226. The number of rotatable bonds is 10. The van der Waals surface area contributed by atoms with E-state index in [2.05, 4.69) is 24.5 Å². The van der Waals surface area contributed by atoms with E-state index in [-0.39, 0.29) is 6.54 Å². The zero-order valence-electron chi connectivity index (χ0n) is 11.7. The average molecular weight is 290 g/mol. The van der Waals surface area contributed by atoms with Crippen LogP contribution >= 0.6 is 0 Å². The molecule has 8 nitrogen and oxygen atoms in total. The molecule has 0 saturated heterocycles. The molecule has 20 heavy (non-hydrogen) atoms. The molecule has 0 aliphatic heterocycles. The summed E-state index contributed by atoms with van der Waals surface area (Å²) in [5, 5.41) is 21.7. The van der Waals surface area contributed by atoms with Gasteiger partial charge in [-0.3, -0.25) is 4.79 Å². The molecule has 0 unspecified atom stereocenters. The van der Waals surface area contributed by atoms with Crippen molar-refractivity contribution in [3.63, 3.8) is 0 Å². The molecule has 8 heteroatoms. The molecule has 0 aromatic rings. The summed E-state index contributed by atoms with van der Waals surface area (Å²) < 4.78 is 5.26. The number of hydrogen-bond donors (Lipinski definition) is 4. The highest BCUT2D eigenvalue weighted by atomic mass is 16.5. The maximum absolute atomic E-state index is 11.3. The fraction of sp³-hybridized carbons (Fsp3) is 0.750. The summed E-state index contributed by atoms with van der Waals surface area (Å²) in [4.78, 5) is 32.5. The molecule has 0 saturated carbocycles. The molecule has 0 aromatic carbocycles. The van der Waals surface area contributed by atoms with Crippen molar-refractivity contribution in [3.8, 4) is 0 Å². The lowest BCUT2D eigenvalue weighted by Crippen LogP contribution is -2.47. The first-order valence-electron chi connectivity index (χ1n) is 6.39. The number of carbonyl (C=O) groups excluding carboxylic acids is 1. The third-order valence-electron chi connectivity index (χ3n) is 2.35. The van der Waals surface area contributed by atoms with E-state index in [1.54, 1.807) is 0 Å². The largest absolute Gasteiger partial charge is 0.481 e. The van der Waals surface area contributed by atoms with Gasteiger partial charge in [-0.25, -0.2) is 9.59 Å². The molecular formula is C12H22N2O6. The van der Waals surface area contributed by atoms with Crippen LogP contribution < -0.4 is 10.6 Å². The summed E-state index contributed by atoms with van der Waals surface area (Å²) in [7, 11) is 0. The predicted molar refractivity (Wildman–Crippen MR) is 70.5 cm³/mol. The second-order valence-electron chi connectivity index (χ2n) is 4.68.